The van der Waals surface area contributed by atoms with Crippen LogP contribution in [-0.4, -0.2) is 52.4 Å². The van der Waals surface area contributed by atoms with Crippen LogP contribution in [0, 0.1) is 11.7 Å². The van der Waals surface area contributed by atoms with Crippen molar-refractivity contribution >= 4 is 12.0 Å². The molecule has 1 aliphatic heterocycles. The van der Waals surface area contributed by atoms with E-state index >= 15 is 0 Å². The number of nitrogen functional groups attached to an aromatic ring is 1. The molecule has 1 aromatic heterocycles. The average Bonchev–Trinajstić information content (AvgIpc) is 3.06. The fraction of sp³-hybridized carbons (Fsp3) is 0.471. The van der Waals surface area contributed by atoms with E-state index in [0.29, 0.717) is 37.7 Å². The van der Waals surface area contributed by atoms with Crippen molar-refractivity contribution in [1.29, 1.82) is 0 Å². The lowest BCUT2D eigenvalue weighted by atomic mass is 9.99. The Kier molecular flexibility index (Phi) is 5.88. The summed E-state index contributed by atoms with van der Waals surface area (Å²) in [4.78, 5) is 18.1. The van der Waals surface area contributed by atoms with Gasteiger partial charge in [0.05, 0.1) is 6.61 Å². The Morgan fingerprint density at radius 3 is 2.96 bits per heavy atom. The SMILES string of the molecule is Nc1n[nH]c(CCNC(=O)N2CCC[C@@H](COc3ccc(F)cc3)C2)n1. The molecule has 2 aromatic rings. The monoisotopic (exact) mass is 362 g/mol. The summed E-state index contributed by atoms with van der Waals surface area (Å²) in [5, 5.41) is 9.35. The number of nitrogens with zero attached hydrogens (tertiary/aromatic N) is 3. The molecule has 0 unspecified atom stereocenters. The first kappa shape index (κ1) is 18.0. The number of rotatable bonds is 6. The molecule has 2 heterocycles. The molecule has 0 aliphatic carbocycles. The molecule has 0 radical (unpaired) electrons. The van der Waals surface area contributed by atoms with Crippen LogP contribution in [0.15, 0.2) is 24.3 Å². The lowest BCUT2D eigenvalue weighted by molar-refractivity contribution is 0.137. The lowest BCUT2D eigenvalue weighted by Gasteiger charge is -2.32. The molecule has 9 heteroatoms. The quantitative estimate of drug-likeness (QED) is 0.723. The molecular formula is C17H23FN6O2. The van der Waals surface area contributed by atoms with Crippen LogP contribution >= 0.6 is 0 Å². The zero-order chi connectivity index (χ0) is 18.4. The van der Waals surface area contributed by atoms with Crippen molar-refractivity contribution in [2.75, 3.05) is 32.0 Å². The predicted molar refractivity (Wildman–Crippen MR) is 94.1 cm³/mol. The van der Waals surface area contributed by atoms with Gasteiger partial charge in [0, 0.05) is 32.0 Å². The van der Waals surface area contributed by atoms with E-state index in [2.05, 4.69) is 20.5 Å². The van der Waals surface area contributed by atoms with E-state index in [1.54, 1.807) is 17.0 Å². The number of nitrogens with one attached hydrogen (secondary N) is 2. The Morgan fingerprint density at radius 1 is 1.42 bits per heavy atom. The van der Waals surface area contributed by atoms with Crippen molar-refractivity contribution in [1.82, 2.24) is 25.4 Å². The maximum atomic E-state index is 12.9. The van der Waals surface area contributed by atoms with E-state index in [1.165, 1.54) is 12.1 Å². The number of hydrogen-bond donors (Lipinski definition) is 3. The van der Waals surface area contributed by atoms with Gasteiger partial charge >= 0.3 is 6.03 Å². The van der Waals surface area contributed by atoms with E-state index in [9.17, 15) is 9.18 Å². The van der Waals surface area contributed by atoms with Gasteiger partial charge in [-0.3, -0.25) is 5.10 Å². The molecule has 0 saturated carbocycles. The van der Waals surface area contributed by atoms with E-state index in [4.69, 9.17) is 10.5 Å². The minimum Gasteiger partial charge on any atom is -0.493 e. The molecule has 4 N–H and O–H groups in total. The molecule has 1 atom stereocenters. The molecule has 1 aliphatic rings. The van der Waals surface area contributed by atoms with Gasteiger partial charge in [-0.2, -0.15) is 4.98 Å². The van der Waals surface area contributed by atoms with Crippen LogP contribution in [-0.2, 0) is 6.42 Å². The van der Waals surface area contributed by atoms with Crippen LogP contribution in [0.5, 0.6) is 5.75 Å². The molecule has 8 nitrogen and oxygen atoms in total. The number of amides is 2. The van der Waals surface area contributed by atoms with Gasteiger partial charge in [0.1, 0.15) is 17.4 Å². The number of likely N-dealkylation sites (tertiary alicyclic amines) is 1. The van der Waals surface area contributed by atoms with Crippen molar-refractivity contribution in [2.24, 2.45) is 5.92 Å². The van der Waals surface area contributed by atoms with Crippen molar-refractivity contribution in [3.8, 4) is 5.75 Å². The molecule has 1 fully saturated rings. The number of urea groups is 1. The van der Waals surface area contributed by atoms with E-state index in [1.807, 2.05) is 0 Å². The van der Waals surface area contributed by atoms with E-state index in [-0.39, 0.29) is 23.7 Å². The Morgan fingerprint density at radius 2 is 2.23 bits per heavy atom. The largest absolute Gasteiger partial charge is 0.493 e. The smallest absolute Gasteiger partial charge is 0.317 e. The van der Waals surface area contributed by atoms with Gasteiger partial charge in [0.15, 0.2) is 0 Å². The van der Waals surface area contributed by atoms with Crippen molar-refractivity contribution in [3.63, 3.8) is 0 Å². The second-order valence-corrected chi connectivity index (χ2v) is 6.34. The van der Waals surface area contributed by atoms with Gasteiger partial charge in [0.2, 0.25) is 5.95 Å². The molecule has 1 aromatic carbocycles. The standard InChI is InChI=1S/C17H23FN6O2/c18-13-3-5-14(6-4-13)26-11-12-2-1-9-24(10-12)17(25)20-8-7-15-21-16(19)23-22-15/h3-6,12H,1-2,7-11H2,(H,20,25)(H3,19,21,22,23)/t12-/m1/s1. The number of carbonyl (C=O) groups is 1. The number of aromatic amines is 1. The summed E-state index contributed by atoms with van der Waals surface area (Å²) in [6.07, 6.45) is 2.48. The number of halogens is 1. The summed E-state index contributed by atoms with van der Waals surface area (Å²) in [5.41, 5.74) is 5.44. The van der Waals surface area contributed by atoms with Crippen LogP contribution in [0.2, 0.25) is 0 Å². The number of nitrogens with two attached hydrogens (primary N) is 1. The fourth-order valence-corrected chi connectivity index (χ4v) is 2.95. The third kappa shape index (κ3) is 5.08. The number of ether oxygens (including phenoxy) is 1. The zero-order valence-electron chi connectivity index (χ0n) is 14.4. The number of benzene rings is 1. The molecular weight excluding hydrogens is 339 g/mol. The van der Waals surface area contributed by atoms with Crippen molar-refractivity contribution in [2.45, 2.75) is 19.3 Å². The van der Waals surface area contributed by atoms with Crippen LogP contribution in [0.3, 0.4) is 0 Å². The van der Waals surface area contributed by atoms with Gasteiger partial charge in [-0.15, -0.1) is 5.10 Å². The number of anilines is 1. The summed E-state index contributed by atoms with van der Waals surface area (Å²) in [5.74, 6) is 1.46. The van der Waals surface area contributed by atoms with Crippen molar-refractivity contribution < 1.29 is 13.9 Å². The van der Waals surface area contributed by atoms with Crippen molar-refractivity contribution in [3.05, 3.63) is 35.9 Å². The highest BCUT2D eigenvalue weighted by molar-refractivity contribution is 5.74. The minimum atomic E-state index is -0.286. The second kappa shape index (κ2) is 8.50. The third-order valence-electron chi connectivity index (χ3n) is 4.29. The van der Waals surface area contributed by atoms with Gasteiger partial charge < -0.3 is 20.7 Å². The lowest BCUT2D eigenvalue weighted by Crippen LogP contribution is -2.47. The highest BCUT2D eigenvalue weighted by atomic mass is 19.1. The Balaban J connectivity index is 1.40. The second-order valence-electron chi connectivity index (χ2n) is 6.34. The number of carbonyl (C=O) groups excluding carboxylic acids is 1. The fourth-order valence-electron chi connectivity index (χ4n) is 2.95. The topological polar surface area (TPSA) is 109 Å². The summed E-state index contributed by atoms with van der Waals surface area (Å²) in [6, 6.07) is 5.87. The summed E-state index contributed by atoms with van der Waals surface area (Å²) >= 11 is 0. The predicted octanol–water partition coefficient (Wildman–Crippen LogP) is 1.57. The van der Waals surface area contributed by atoms with E-state index in [0.717, 1.165) is 19.4 Å². The molecule has 3 rings (SSSR count). The number of aromatic nitrogens is 3. The summed E-state index contributed by atoms with van der Waals surface area (Å²) in [7, 11) is 0. The van der Waals surface area contributed by atoms with Crippen LogP contribution in [0.25, 0.3) is 0 Å². The maximum absolute atomic E-state index is 12.9. The molecule has 140 valence electrons. The molecule has 26 heavy (non-hydrogen) atoms. The number of piperidine rings is 1. The minimum absolute atomic E-state index is 0.0935. The first-order valence-electron chi connectivity index (χ1n) is 8.68. The summed E-state index contributed by atoms with van der Waals surface area (Å²) in [6.45, 7) is 2.34. The van der Waals surface area contributed by atoms with Gasteiger partial charge in [-0.25, -0.2) is 9.18 Å². The molecule has 0 bridgehead atoms. The highest BCUT2D eigenvalue weighted by Gasteiger charge is 2.24. The molecule has 2 amide bonds. The molecule has 1 saturated heterocycles. The van der Waals surface area contributed by atoms with Gasteiger partial charge in [-0.1, -0.05) is 0 Å². The third-order valence-corrected chi connectivity index (χ3v) is 4.29. The first-order valence-corrected chi connectivity index (χ1v) is 8.68. The first-order chi connectivity index (χ1) is 12.6. The normalized spacial score (nSPS) is 17.1. The Bertz CT molecular complexity index is 720. The average molecular weight is 362 g/mol. The maximum Gasteiger partial charge on any atom is 0.317 e. The Hall–Kier alpha value is -2.84. The van der Waals surface area contributed by atoms with Crippen LogP contribution in [0.1, 0.15) is 18.7 Å². The Labute approximate surface area is 150 Å². The van der Waals surface area contributed by atoms with Gasteiger partial charge in [0.25, 0.3) is 0 Å². The number of hydrogen-bond acceptors (Lipinski definition) is 5. The summed E-state index contributed by atoms with van der Waals surface area (Å²) < 4.78 is 18.6. The number of H-pyrrole nitrogens is 1. The molecule has 0 spiro atoms. The van der Waals surface area contributed by atoms with Crippen LogP contribution < -0.4 is 15.8 Å². The zero-order valence-corrected chi connectivity index (χ0v) is 14.4. The van der Waals surface area contributed by atoms with E-state index < -0.39 is 0 Å². The highest BCUT2D eigenvalue weighted by Crippen LogP contribution is 2.19. The van der Waals surface area contributed by atoms with Gasteiger partial charge in [-0.05, 0) is 37.1 Å². The van der Waals surface area contributed by atoms with Crippen LogP contribution in [0.4, 0.5) is 15.1 Å².